The second-order valence-corrected chi connectivity index (χ2v) is 7.87. The van der Waals surface area contributed by atoms with Crippen LogP contribution in [0, 0.1) is 0 Å². The first kappa shape index (κ1) is 25.3. The molecule has 8 nitrogen and oxygen atoms in total. The minimum atomic E-state index is -0.435. The number of likely N-dealkylation sites (tertiary alicyclic amines) is 1. The number of H-pyrrole nitrogens is 2. The van der Waals surface area contributed by atoms with Gasteiger partial charge in [0.15, 0.2) is 0 Å². The van der Waals surface area contributed by atoms with Gasteiger partial charge in [-0.2, -0.15) is 0 Å². The van der Waals surface area contributed by atoms with Crippen LogP contribution >= 0.6 is 24.8 Å². The molecule has 2 fully saturated rings. The van der Waals surface area contributed by atoms with Gasteiger partial charge in [-0.15, -0.1) is 24.8 Å². The predicted molar refractivity (Wildman–Crippen MR) is 127 cm³/mol. The highest BCUT2D eigenvalue weighted by atomic mass is 35.5. The first-order chi connectivity index (χ1) is 14.1. The van der Waals surface area contributed by atoms with E-state index in [2.05, 4.69) is 36.8 Å². The number of piperazine rings is 1. The summed E-state index contributed by atoms with van der Waals surface area (Å²) in [6.45, 7) is 6.71. The van der Waals surface area contributed by atoms with Crippen molar-refractivity contribution in [3.05, 3.63) is 56.9 Å². The third kappa shape index (κ3) is 6.49. The molecule has 2 aromatic rings. The van der Waals surface area contributed by atoms with Crippen molar-refractivity contribution in [3.8, 4) is 5.75 Å². The molecule has 2 aliphatic heterocycles. The maximum atomic E-state index is 11.5. The number of methoxy groups -OCH3 is 1. The Morgan fingerprint density at radius 3 is 2.35 bits per heavy atom. The fourth-order valence-electron chi connectivity index (χ4n) is 4.46. The number of hydrogen-bond acceptors (Lipinski definition) is 6. The molecule has 0 aliphatic carbocycles. The Kier molecular flexibility index (Phi) is 9.43. The van der Waals surface area contributed by atoms with Crippen LogP contribution in [0.2, 0.25) is 0 Å². The number of halogens is 2. The highest BCUT2D eigenvalue weighted by Crippen LogP contribution is 2.23. The molecule has 0 amide bonds. The van der Waals surface area contributed by atoms with E-state index < -0.39 is 5.69 Å². The number of nitrogens with one attached hydrogen (secondary N) is 2. The van der Waals surface area contributed by atoms with E-state index in [1.165, 1.54) is 18.2 Å². The molecule has 10 heteroatoms. The van der Waals surface area contributed by atoms with Crippen molar-refractivity contribution in [3.63, 3.8) is 0 Å². The number of aromatic amines is 2. The molecule has 3 heterocycles. The molecule has 0 saturated carbocycles. The van der Waals surface area contributed by atoms with Gasteiger partial charge in [0.25, 0.3) is 5.56 Å². The molecular formula is C21H31Cl2N5O3. The number of ether oxygens (including phenoxy) is 1. The number of aromatic nitrogens is 2. The maximum absolute atomic E-state index is 11.5. The second-order valence-electron chi connectivity index (χ2n) is 7.87. The van der Waals surface area contributed by atoms with Crippen molar-refractivity contribution in [2.24, 2.45) is 0 Å². The molecule has 0 bridgehead atoms. The van der Waals surface area contributed by atoms with Gasteiger partial charge < -0.3 is 14.6 Å². The third-order valence-corrected chi connectivity index (χ3v) is 5.96. The highest BCUT2D eigenvalue weighted by molar-refractivity contribution is 5.85. The molecule has 172 valence electrons. The van der Waals surface area contributed by atoms with Crippen molar-refractivity contribution in [1.82, 2.24) is 19.8 Å². The van der Waals surface area contributed by atoms with Crippen molar-refractivity contribution in [1.29, 1.82) is 0 Å². The number of piperidine rings is 1. The summed E-state index contributed by atoms with van der Waals surface area (Å²) in [5, 5.41) is 0. The number of nitrogens with zero attached hydrogens (tertiary/aromatic N) is 3. The average molecular weight is 472 g/mol. The minimum Gasteiger partial charge on any atom is -0.497 e. The molecule has 2 N–H and O–H groups in total. The lowest BCUT2D eigenvalue weighted by Crippen LogP contribution is -2.55. The zero-order chi connectivity index (χ0) is 20.2. The Bertz CT molecular complexity index is 897. The number of hydrogen-bond donors (Lipinski definition) is 2. The SMILES string of the molecule is COc1ccc(N2CCN(C3CCCN(Cc4cc(=O)[nH]c(=O)[nH]4)C3)CC2)cc1.Cl.Cl. The van der Waals surface area contributed by atoms with Gasteiger partial charge in [0.1, 0.15) is 5.75 Å². The Morgan fingerprint density at radius 2 is 1.71 bits per heavy atom. The first-order valence-corrected chi connectivity index (χ1v) is 10.3. The van der Waals surface area contributed by atoms with Crippen molar-refractivity contribution in [2.45, 2.75) is 25.4 Å². The van der Waals surface area contributed by atoms with E-state index in [9.17, 15) is 9.59 Å². The molecule has 1 aromatic heterocycles. The topological polar surface area (TPSA) is 84.7 Å². The Hall–Kier alpha value is -2.00. The Balaban J connectivity index is 0.00000171. The number of anilines is 1. The zero-order valence-corrected chi connectivity index (χ0v) is 19.3. The molecular weight excluding hydrogens is 441 g/mol. The predicted octanol–water partition coefficient (Wildman–Crippen LogP) is 1.70. The molecule has 1 unspecified atom stereocenters. The quantitative estimate of drug-likeness (QED) is 0.690. The van der Waals surface area contributed by atoms with Crippen LogP contribution in [0.5, 0.6) is 5.75 Å². The van der Waals surface area contributed by atoms with Crippen LogP contribution in [0.25, 0.3) is 0 Å². The molecule has 1 aromatic carbocycles. The molecule has 4 rings (SSSR count). The van der Waals surface area contributed by atoms with Gasteiger partial charge in [0, 0.05) is 62.8 Å². The van der Waals surface area contributed by atoms with Gasteiger partial charge in [-0.1, -0.05) is 0 Å². The van der Waals surface area contributed by atoms with Gasteiger partial charge in [-0.25, -0.2) is 4.79 Å². The summed E-state index contributed by atoms with van der Waals surface area (Å²) in [5.74, 6) is 0.886. The van der Waals surface area contributed by atoms with Crippen LogP contribution in [0.1, 0.15) is 18.5 Å². The van der Waals surface area contributed by atoms with Crippen LogP contribution < -0.4 is 20.9 Å². The molecule has 2 saturated heterocycles. The first-order valence-electron chi connectivity index (χ1n) is 10.3. The zero-order valence-electron chi connectivity index (χ0n) is 17.7. The molecule has 0 radical (unpaired) electrons. The fourth-order valence-corrected chi connectivity index (χ4v) is 4.46. The summed E-state index contributed by atoms with van der Waals surface area (Å²) in [6, 6.07) is 10.3. The lowest BCUT2D eigenvalue weighted by molar-refractivity contribution is 0.0880. The molecule has 1 atom stereocenters. The van der Waals surface area contributed by atoms with Crippen LogP contribution in [0.3, 0.4) is 0 Å². The normalized spacial score (nSPS) is 19.9. The summed E-state index contributed by atoms with van der Waals surface area (Å²) >= 11 is 0. The Morgan fingerprint density at radius 1 is 1.00 bits per heavy atom. The standard InChI is InChI=1S/C21H29N5O3.2ClH/c1-29-19-6-4-17(5-7-19)25-9-11-26(12-10-25)18-3-2-8-24(15-18)14-16-13-20(27)23-21(28)22-16;;/h4-7,13,18H,2-3,8-12,14-15H2,1H3,(H2,22,23,27,28);2*1H. The van der Waals surface area contributed by atoms with Crippen molar-refractivity contribution in [2.75, 3.05) is 51.3 Å². The van der Waals surface area contributed by atoms with Crippen LogP contribution in [0.15, 0.2) is 39.9 Å². The molecule has 2 aliphatic rings. The van der Waals surface area contributed by atoms with Crippen molar-refractivity contribution < 1.29 is 4.74 Å². The lowest BCUT2D eigenvalue weighted by Gasteiger charge is -2.44. The molecule has 31 heavy (non-hydrogen) atoms. The van der Waals surface area contributed by atoms with E-state index in [4.69, 9.17) is 4.74 Å². The number of rotatable bonds is 5. The smallest absolute Gasteiger partial charge is 0.325 e. The second kappa shape index (κ2) is 11.6. The van der Waals surface area contributed by atoms with E-state index in [1.807, 2.05) is 12.1 Å². The van der Waals surface area contributed by atoms with Gasteiger partial charge >= 0.3 is 5.69 Å². The van der Waals surface area contributed by atoms with Crippen LogP contribution in [-0.4, -0.2) is 72.2 Å². The van der Waals surface area contributed by atoms with E-state index in [0.717, 1.165) is 51.4 Å². The lowest BCUT2D eigenvalue weighted by atomic mass is 10.0. The summed E-state index contributed by atoms with van der Waals surface area (Å²) in [6.07, 6.45) is 2.34. The van der Waals surface area contributed by atoms with Gasteiger partial charge in [-0.05, 0) is 43.7 Å². The van der Waals surface area contributed by atoms with Gasteiger partial charge in [-0.3, -0.25) is 19.6 Å². The third-order valence-electron chi connectivity index (χ3n) is 5.96. The van der Waals surface area contributed by atoms with Crippen molar-refractivity contribution >= 4 is 30.5 Å². The van der Waals surface area contributed by atoms with E-state index >= 15 is 0 Å². The summed E-state index contributed by atoms with van der Waals surface area (Å²) in [5.41, 5.74) is 1.15. The van der Waals surface area contributed by atoms with Crippen LogP contribution in [-0.2, 0) is 6.54 Å². The Labute approximate surface area is 194 Å². The average Bonchev–Trinajstić information content (AvgIpc) is 2.73. The summed E-state index contributed by atoms with van der Waals surface area (Å²) in [7, 11) is 1.69. The fraction of sp³-hybridized carbons (Fsp3) is 0.524. The highest BCUT2D eigenvalue weighted by Gasteiger charge is 2.28. The van der Waals surface area contributed by atoms with Gasteiger partial charge in [0.2, 0.25) is 0 Å². The van der Waals surface area contributed by atoms with E-state index in [1.54, 1.807) is 7.11 Å². The molecule has 0 spiro atoms. The summed E-state index contributed by atoms with van der Waals surface area (Å²) < 4.78 is 5.25. The summed E-state index contributed by atoms with van der Waals surface area (Å²) in [4.78, 5) is 35.4. The monoisotopic (exact) mass is 471 g/mol. The van der Waals surface area contributed by atoms with Crippen LogP contribution in [0.4, 0.5) is 5.69 Å². The van der Waals surface area contributed by atoms with E-state index in [-0.39, 0.29) is 30.4 Å². The number of benzene rings is 1. The maximum Gasteiger partial charge on any atom is 0.325 e. The van der Waals surface area contributed by atoms with E-state index in [0.29, 0.717) is 18.3 Å². The minimum absolute atomic E-state index is 0. The van der Waals surface area contributed by atoms with Gasteiger partial charge in [0.05, 0.1) is 7.11 Å². The largest absolute Gasteiger partial charge is 0.497 e.